The Morgan fingerprint density at radius 2 is 2.11 bits per heavy atom. The van der Waals surface area contributed by atoms with Crippen LogP contribution in [0.4, 0.5) is 0 Å². The van der Waals surface area contributed by atoms with Crippen LogP contribution >= 0.6 is 11.6 Å². The maximum Gasteiger partial charge on any atom is 0.244 e. The third-order valence-corrected chi connectivity index (χ3v) is 6.97. The molecule has 2 rings (SSSR count). The Hall–Kier alpha value is -0.700. The summed E-state index contributed by atoms with van der Waals surface area (Å²) in [5.74, 6) is -0.111. The lowest BCUT2D eigenvalue weighted by Gasteiger charge is -2.22. The van der Waals surface area contributed by atoms with Crippen LogP contribution in [-0.2, 0) is 19.9 Å². The molecule has 1 aliphatic rings. The Bertz CT molecular complexity index is 670. The van der Waals surface area contributed by atoms with E-state index in [0.29, 0.717) is 6.42 Å². The maximum atomic E-state index is 12.3. The Morgan fingerprint density at radius 1 is 1.42 bits per heavy atom. The van der Waals surface area contributed by atoms with Crippen LogP contribution in [0.25, 0.3) is 0 Å². The van der Waals surface area contributed by atoms with E-state index < -0.39 is 25.9 Å². The van der Waals surface area contributed by atoms with E-state index >= 15 is 0 Å². The van der Waals surface area contributed by atoms with Crippen molar-refractivity contribution >= 4 is 31.5 Å². The van der Waals surface area contributed by atoms with Gasteiger partial charge in [0.15, 0.2) is 9.84 Å². The topological polar surface area (TPSA) is 84.4 Å². The summed E-state index contributed by atoms with van der Waals surface area (Å²) in [5, 5.41) is 0.199. The van der Waals surface area contributed by atoms with Gasteiger partial charge in [0.05, 0.1) is 11.5 Å². The van der Waals surface area contributed by atoms with Crippen molar-refractivity contribution in [1.82, 2.24) is 9.29 Å². The fourth-order valence-electron chi connectivity index (χ4n) is 1.94. The summed E-state index contributed by atoms with van der Waals surface area (Å²) in [6.07, 6.45) is 1.48. The van der Waals surface area contributed by atoms with Crippen molar-refractivity contribution in [1.29, 1.82) is 0 Å². The van der Waals surface area contributed by atoms with Crippen molar-refractivity contribution in [3.05, 3.63) is 23.5 Å². The van der Waals surface area contributed by atoms with Gasteiger partial charge in [0, 0.05) is 19.3 Å². The highest BCUT2D eigenvalue weighted by atomic mass is 35.5. The SMILES string of the molecule is CN(C1CCS(=O)(=O)C1)S(=O)(=O)c1ccc(Cl)nc1. The highest BCUT2D eigenvalue weighted by molar-refractivity contribution is 7.92. The first-order chi connectivity index (χ1) is 8.72. The molecule has 19 heavy (non-hydrogen) atoms. The molecular weight excluding hydrogens is 312 g/mol. The largest absolute Gasteiger partial charge is 0.244 e. The average Bonchev–Trinajstić information content (AvgIpc) is 2.69. The molecule has 1 fully saturated rings. The first-order valence-corrected chi connectivity index (χ1v) is 9.16. The summed E-state index contributed by atoms with van der Waals surface area (Å²) >= 11 is 5.61. The molecule has 0 radical (unpaired) electrons. The van der Waals surface area contributed by atoms with Crippen LogP contribution in [0.5, 0.6) is 0 Å². The van der Waals surface area contributed by atoms with E-state index in [1.807, 2.05) is 0 Å². The van der Waals surface area contributed by atoms with Crippen LogP contribution in [0, 0.1) is 0 Å². The van der Waals surface area contributed by atoms with Crippen LogP contribution < -0.4 is 0 Å². The number of sulfonamides is 1. The first-order valence-electron chi connectivity index (χ1n) is 5.52. The van der Waals surface area contributed by atoms with Crippen LogP contribution in [0.15, 0.2) is 23.2 Å². The van der Waals surface area contributed by atoms with Gasteiger partial charge in [-0.3, -0.25) is 0 Å². The monoisotopic (exact) mass is 324 g/mol. The maximum absolute atomic E-state index is 12.3. The molecule has 1 unspecified atom stereocenters. The molecule has 1 aliphatic heterocycles. The number of halogens is 1. The number of hydrogen-bond donors (Lipinski definition) is 0. The highest BCUT2D eigenvalue weighted by Crippen LogP contribution is 2.23. The predicted octanol–water partition coefficient (Wildman–Crippen LogP) is 0.543. The van der Waals surface area contributed by atoms with Crippen molar-refractivity contribution in [3.8, 4) is 0 Å². The third-order valence-electron chi connectivity index (χ3n) is 3.10. The summed E-state index contributed by atoms with van der Waals surface area (Å²) in [4.78, 5) is 3.73. The van der Waals surface area contributed by atoms with E-state index in [1.54, 1.807) is 0 Å². The van der Waals surface area contributed by atoms with Crippen molar-refractivity contribution in [2.24, 2.45) is 0 Å². The summed E-state index contributed by atoms with van der Waals surface area (Å²) in [7, 11) is -5.49. The molecule has 2 heterocycles. The molecule has 106 valence electrons. The van der Waals surface area contributed by atoms with Crippen molar-refractivity contribution in [3.63, 3.8) is 0 Å². The second kappa shape index (κ2) is 5.01. The summed E-state index contributed by atoms with van der Waals surface area (Å²) in [5.41, 5.74) is 0. The van der Waals surface area contributed by atoms with Gasteiger partial charge in [-0.25, -0.2) is 21.8 Å². The predicted molar refractivity (Wildman–Crippen MR) is 71.3 cm³/mol. The minimum Gasteiger partial charge on any atom is -0.243 e. The van der Waals surface area contributed by atoms with Crippen molar-refractivity contribution in [2.75, 3.05) is 18.6 Å². The van der Waals surface area contributed by atoms with Gasteiger partial charge in [-0.05, 0) is 18.6 Å². The molecule has 1 aromatic heterocycles. The average molecular weight is 325 g/mol. The molecule has 0 spiro atoms. The second-order valence-corrected chi connectivity index (χ2v) is 9.01. The molecule has 0 bridgehead atoms. The van der Waals surface area contributed by atoms with Gasteiger partial charge in [-0.15, -0.1) is 0 Å². The lowest BCUT2D eigenvalue weighted by Crippen LogP contribution is -2.37. The van der Waals surface area contributed by atoms with Crippen LogP contribution in [0.2, 0.25) is 5.15 Å². The molecule has 9 heteroatoms. The molecule has 1 aromatic rings. The van der Waals surface area contributed by atoms with E-state index in [4.69, 9.17) is 11.6 Å². The Labute approximate surface area is 117 Å². The number of rotatable bonds is 3. The molecule has 1 atom stereocenters. The van der Waals surface area contributed by atoms with E-state index in [0.717, 1.165) is 10.5 Å². The van der Waals surface area contributed by atoms with Crippen molar-refractivity contribution < 1.29 is 16.8 Å². The van der Waals surface area contributed by atoms with Gasteiger partial charge in [0.25, 0.3) is 0 Å². The zero-order valence-electron chi connectivity index (χ0n) is 10.2. The van der Waals surface area contributed by atoms with E-state index in [9.17, 15) is 16.8 Å². The van der Waals surface area contributed by atoms with E-state index in [2.05, 4.69) is 4.98 Å². The zero-order valence-corrected chi connectivity index (χ0v) is 12.5. The number of hydrogen-bond acceptors (Lipinski definition) is 5. The lowest BCUT2D eigenvalue weighted by atomic mass is 10.3. The smallest absolute Gasteiger partial charge is 0.243 e. The molecule has 0 aliphatic carbocycles. The number of aromatic nitrogens is 1. The van der Waals surface area contributed by atoms with Gasteiger partial charge < -0.3 is 0 Å². The Balaban J connectivity index is 2.27. The van der Waals surface area contributed by atoms with Crippen LogP contribution in [0.1, 0.15) is 6.42 Å². The Kier molecular flexibility index (Phi) is 3.87. The van der Waals surface area contributed by atoms with Gasteiger partial charge in [-0.2, -0.15) is 4.31 Å². The molecule has 0 N–H and O–H groups in total. The summed E-state index contributed by atoms with van der Waals surface area (Å²) in [6, 6.07) is 2.21. The standard InChI is InChI=1S/C10H13ClN2O4S2/c1-13(8-4-5-18(14,15)7-8)19(16,17)9-2-3-10(11)12-6-9/h2-3,6,8H,4-5,7H2,1H3. The molecular formula is C10H13ClN2O4S2. The van der Waals surface area contributed by atoms with E-state index in [1.165, 1.54) is 19.2 Å². The minimum absolute atomic E-state index is 0.00342. The lowest BCUT2D eigenvalue weighted by molar-refractivity contribution is 0.394. The quantitative estimate of drug-likeness (QED) is 0.758. The van der Waals surface area contributed by atoms with Gasteiger partial charge in [-0.1, -0.05) is 11.6 Å². The van der Waals surface area contributed by atoms with Gasteiger partial charge in [0.2, 0.25) is 10.0 Å². The third kappa shape index (κ3) is 3.07. The Morgan fingerprint density at radius 3 is 2.58 bits per heavy atom. The number of pyridine rings is 1. The fraction of sp³-hybridized carbons (Fsp3) is 0.500. The summed E-state index contributed by atoms with van der Waals surface area (Å²) in [6.45, 7) is 0. The van der Waals surface area contributed by atoms with E-state index in [-0.39, 0.29) is 21.6 Å². The highest BCUT2D eigenvalue weighted by Gasteiger charge is 2.36. The fourth-order valence-corrected chi connectivity index (χ4v) is 5.25. The first kappa shape index (κ1) is 14.7. The van der Waals surface area contributed by atoms with Crippen LogP contribution in [0.3, 0.4) is 0 Å². The second-order valence-electron chi connectivity index (χ2n) is 4.39. The normalized spacial score (nSPS) is 22.8. The van der Waals surface area contributed by atoms with Crippen LogP contribution in [-0.4, -0.2) is 50.7 Å². The number of nitrogens with zero attached hydrogens (tertiary/aromatic N) is 2. The molecule has 1 saturated heterocycles. The minimum atomic E-state index is -3.74. The zero-order chi connectivity index (χ0) is 14.3. The van der Waals surface area contributed by atoms with Gasteiger partial charge in [0.1, 0.15) is 10.0 Å². The van der Waals surface area contributed by atoms with Crippen molar-refractivity contribution in [2.45, 2.75) is 17.4 Å². The molecule has 0 amide bonds. The molecule has 0 aromatic carbocycles. The molecule has 0 saturated carbocycles. The molecule has 6 nitrogen and oxygen atoms in total. The summed E-state index contributed by atoms with van der Waals surface area (Å²) < 4.78 is 48.5. The number of sulfone groups is 1. The van der Waals surface area contributed by atoms with Gasteiger partial charge >= 0.3 is 0 Å².